The zero-order chi connectivity index (χ0) is 11.8. The van der Waals surface area contributed by atoms with Crippen molar-refractivity contribution in [1.82, 2.24) is 5.32 Å². The van der Waals surface area contributed by atoms with Crippen molar-refractivity contribution in [2.45, 2.75) is 38.0 Å². The number of alkyl halides is 3. The van der Waals surface area contributed by atoms with Gasteiger partial charge in [0, 0.05) is 0 Å². The van der Waals surface area contributed by atoms with Crippen LogP contribution in [-0.4, -0.2) is 6.30 Å². The summed E-state index contributed by atoms with van der Waals surface area (Å²) in [6, 6.07) is 7.38. The van der Waals surface area contributed by atoms with Crippen LogP contribution in [0.2, 0.25) is 0 Å². The van der Waals surface area contributed by atoms with Crippen molar-refractivity contribution in [2.75, 3.05) is 0 Å². The Morgan fingerprint density at radius 3 is 2.62 bits per heavy atom. The highest BCUT2D eigenvalue weighted by Gasteiger charge is 2.44. The molecule has 16 heavy (non-hydrogen) atoms. The molecule has 0 amide bonds. The number of nitrogens with one attached hydrogen (secondary N) is 1. The Labute approximate surface area is 92.7 Å². The fourth-order valence-electron chi connectivity index (χ4n) is 2.54. The summed E-state index contributed by atoms with van der Waals surface area (Å²) in [5.41, 5.74) is 0.908. The van der Waals surface area contributed by atoms with Crippen LogP contribution in [0.3, 0.4) is 0 Å². The Bertz CT molecular complexity index is 386. The average Bonchev–Trinajstić information content (AvgIpc) is 2.57. The molecule has 1 aliphatic carbocycles. The lowest BCUT2D eigenvalue weighted by atomic mass is 9.89. The lowest BCUT2D eigenvalue weighted by Crippen LogP contribution is -2.48. The summed E-state index contributed by atoms with van der Waals surface area (Å²) in [6.45, 7) is 1.79. The number of hydrogen-bond acceptors (Lipinski definition) is 1. The van der Waals surface area contributed by atoms with E-state index >= 15 is 0 Å². The van der Waals surface area contributed by atoms with Gasteiger partial charge in [0.05, 0.1) is 5.54 Å². The van der Waals surface area contributed by atoms with Crippen LogP contribution in [0.4, 0.5) is 13.2 Å². The van der Waals surface area contributed by atoms with Crippen LogP contribution in [0.15, 0.2) is 24.3 Å². The summed E-state index contributed by atoms with van der Waals surface area (Å²) in [5.74, 6) is 0. The third-order valence-electron chi connectivity index (χ3n) is 3.34. The van der Waals surface area contributed by atoms with Crippen LogP contribution >= 0.6 is 0 Å². The molecule has 88 valence electrons. The monoisotopic (exact) mass is 229 g/mol. The van der Waals surface area contributed by atoms with Crippen molar-refractivity contribution in [3.05, 3.63) is 35.4 Å². The predicted molar refractivity (Wildman–Crippen MR) is 55.9 cm³/mol. The number of hydrogen-bond donors (Lipinski definition) is 1. The first-order valence-electron chi connectivity index (χ1n) is 5.41. The molecule has 1 atom stereocenters. The molecule has 0 fully saturated rings. The highest BCUT2D eigenvalue weighted by atomic mass is 19.4. The van der Waals surface area contributed by atoms with Gasteiger partial charge in [-0.25, -0.2) is 5.32 Å². The van der Waals surface area contributed by atoms with Gasteiger partial charge in [-0.1, -0.05) is 31.2 Å². The minimum absolute atomic E-state index is 0.448. The Morgan fingerprint density at radius 2 is 2.00 bits per heavy atom. The molecular weight excluding hydrogens is 215 g/mol. The van der Waals surface area contributed by atoms with E-state index < -0.39 is 11.8 Å². The third kappa shape index (κ3) is 1.94. The summed E-state index contributed by atoms with van der Waals surface area (Å²) in [7, 11) is 0. The molecule has 0 radical (unpaired) electrons. The molecular formula is C12H14F3N. The van der Waals surface area contributed by atoms with Gasteiger partial charge in [-0.3, -0.25) is 0 Å². The molecule has 1 unspecified atom stereocenters. The van der Waals surface area contributed by atoms with Gasteiger partial charge >= 0.3 is 6.30 Å². The van der Waals surface area contributed by atoms with Crippen molar-refractivity contribution >= 4 is 0 Å². The Hall–Kier alpha value is -1.03. The maximum absolute atomic E-state index is 12.5. The molecule has 1 aromatic rings. The number of halogens is 3. The number of fused-ring (bicyclic) bond motifs is 1. The lowest BCUT2D eigenvalue weighted by molar-refractivity contribution is -0.177. The summed E-state index contributed by atoms with van der Waals surface area (Å²) in [4.78, 5) is 0. The molecule has 0 aromatic heterocycles. The molecule has 0 saturated carbocycles. The quantitative estimate of drug-likeness (QED) is 0.767. The zero-order valence-corrected chi connectivity index (χ0v) is 9.06. The van der Waals surface area contributed by atoms with Crippen LogP contribution in [0.1, 0.15) is 30.9 Å². The van der Waals surface area contributed by atoms with E-state index in [9.17, 15) is 13.2 Å². The second kappa shape index (κ2) is 3.77. The fraction of sp³-hybridized carbons (Fsp3) is 0.500. The molecule has 4 heteroatoms. The van der Waals surface area contributed by atoms with Gasteiger partial charge in [-0.15, -0.1) is 0 Å². The first-order valence-corrected chi connectivity index (χ1v) is 5.41. The van der Waals surface area contributed by atoms with Crippen molar-refractivity contribution in [1.29, 1.82) is 0 Å². The third-order valence-corrected chi connectivity index (χ3v) is 3.34. The topological polar surface area (TPSA) is 12.0 Å². The molecule has 1 nitrogen and oxygen atoms in total. The first-order chi connectivity index (χ1) is 7.47. The Balaban J connectivity index is 2.38. The minimum Gasteiger partial charge on any atom is -0.218 e. The van der Waals surface area contributed by atoms with Crippen LogP contribution in [0.25, 0.3) is 0 Å². The van der Waals surface area contributed by atoms with E-state index in [4.69, 9.17) is 0 Å². The van der Waals surface area contributed by atoms with E-state index in [0.29, 0.717) is 19.3 Å². The van der Waals surface area contributed by atoms with Crippen LogP contribution in [0.5, 0.6) is 0 Å². The lowest BCUT2D eigenvalue weighted by Gasteiger charge is -2.31. The fourth-order valence-corrected chi connectivity index (χ4v) is 2.54. The molecule has 1 aliphatic rings. The van der Waals surface area contributed by atoms with Crippen molar-refractivity contribution in [2.24, 2.45) is 0 Å². The molecule has 0 heterocycles. The number of benzene rings is 1. The smallest absolute Gasteiger partial charge is 0.218 e. The Kier molecular flexibility index (Phi) is 2.70. The van der Waals surface area contributed by atoms with E-state index in [-0.39, 0.29) is 0 Å². The largest absolute Gasteiger partial charge is 0.457 e. The SMILES string of the molecule is CCC1(NC(F)(F)F)CCc2ccccc21. The first kappa shape index (κ1) is 11.5. The van der Waals surface area contributed by atoms with Crippen LogP contribution in [0, 0.1) is 0 Å². The van der Waals surface area contributed by atoms with E-state index in [1.165, 1.54) is 0 Å². The molecule has 1 aromatic carbocycles. The molecule has 1 N–H and O–H groups in total. The van der Waals surface area contributed by atoms with E-state index in [1.807, 2.05) is 17.4 Å². The van der Waals surface area contributed by atoms with E-state index in [2.05, 4.69) is 0 Å². The maximum atomic E-state index is 12.5. The maximum Gasteiger partial charge on any atom is 0.457 e. The number of aryl methyl sites for hydroxylation is 1. The van der Waals surface area contributed by atoms with Gasteiger partial charge in [0.2, 0.25) is 0 Å². The van der Waals surface area contributed by atoms with Gasteiger partial charge in [0.15, 0.2) is 0 Å². The molecule has 0 aliphatic heterocycles. The second-order valence-corrected chi connectivity index (χ2v) is 4.22. The van der Waals surface area contributed by atoms with Gasteiger partial charge in [-0.05, 0) is 30.4 Å². The van der Waals surface area contributed by atoms with E-state index in [1.54, 1.807) is 19.1 Å². The Morgan fingerprint density at radius 1 is 1.31 bits per heavy atom. The highest BCUT2D eigenvalue weighted by molar-refractivity contribution is 5.38. The van der Waals surface area contributed by atoms with Gasteiger partial charge in [0.25, 0.3) is 0 Å². The molecule has 0 bridgehead atoms. The van der Waals surface area contributed by atoms with E-state index in [0.717, 1.165) is 11.1 Å². The average molecular weight is 229 g/mol. The van der Waals surface area contributed by atoms with Crippen LogP contribution in [-0.2, 0) is 12.0 Å². The minimum atomic E-state index is -4.33. The summed E-state index contributed by atoms with van der Waals surface area (Å²) >= 11 is 0. The highest BCUT2D eigenvalue weighted by Crippen LogP contribution is 2.41. The summed E-state index contributed by atoms with van der Waals surface area (Å²) < 4.78 is 37.6. The van der Waals surface area contributed by atoms with Gasteiger partial charge < -0.3 is 0 Å². The zero-order valence-electron chi connectivity index (χ0n) is 9.06. The normalized spacial score (nSPS) is 24.5. The predicted octanol–water partition coefficient (Wildman–Crippen LogP) is 3.35. The summed E-state index contributed by atoms with van der Waals surface area (Å²) in [6.07, 6.45) is -2.65. The van der Waals surface area contributed by atoms with Crippen LogP contribution < -0.4 is 5.32 Å². The van der Waals surface area contributed by atoms with Gasteiger partial charge in [-0.2, -0.15) is 13.2 Å². The van der Waals surface area contributed by atoms with Crippen molar-refractivity contribution in [3.63, 3.8) is 0 Å². The van der Waals surface area contributed by atoms with Crippen molar-refractivity contribution < 1.29 is 13.2 Å². The number of rotatable bonds is 2. The standard InChI is InChI=1S/C12H14F3N/c1-2-11(16-12(13,14)15)8-7-9-5-3-4-6-10(9)11/h3-6,16H,2,7-8H2,1H3. The summed E-state index contributed by atoms with van der Waals surface area (Å²) in [5, 5.41) is 1.84. The molecule has 0 spiro atoms. The molecule has 0 saturated heterocycles. The second-order valence-electron chi connectivity index (χ2n) is 4.22. The molecule has 2 rings (SSSR count). The van der Waals surface area contributed by atoms with Gasteiger partial charge in [0.1, 0.15) is 0 Å². The van der Waals surface area contributed by atoms with Crippen molar-refractivity contribution in [3.8, 4) is 0 Å².